The largest absolute Gasteiger partial charge is 0.507 e. The van der Waals surface area contributed by atoms with E-state index in [9.17, 15) is 40.9 Å². The van der Waals surface area contributed by atoms with Gasteiger partial charge in [-0.2, -0.15) is 0 Å². The summed E-state index contributed by atoms with van der Waals surface area (Å²) < 4.78 is 0. The fraction of sp³-hybridized carbons (Fsp3) is 0. The maximum absolute atomic E-state index is 10.7. The van der Waals surface area contributed by atoms with Gasteiger partial charge in [-0.05, 0) is 59.3 Å². The van der Waals surface area contributed by atoms with Crippen LogP contribution in [0.25, 0.3) is 65.3 Å². The van der Waals surface area contributed by atoms with Crippen molar-refractivity contribution in [1.82, 2.24) is 0 Å². The molecule has 0 heterocycles. The van der Waals surface area contributed by atoms with Gasteiger partial charge in [0, 0.05) is 54.6 Å². The second-order valence-electron chi connectivity index (χ2n) is 11.4. The van der Waals surface area contributed by atoms with E-state index in [0.717, 1.165) is 0 Å². The Bertz CT molecular complexity index is 2540. The van der Waals surface area contributed by atoms with Crippen molar-refractivity contribution in [1.29, 1.82) is 0 Å². The Morgan fingerprint density at radius 2 is 0.771 bits per heavy atom. The Morgan fingerprint density at radius 3 is 1.42 bits per heavy atom. The molecule has 8 aromatic carbocycles. The van der Waals surface area contributed by atoms with Gasteiger partial charge < -0.3 is 40.9 Å². The quantitative estimate of drug-likeness (QED) is 0.0872. The van der Waals surface area contributed by atoms with Gasteiger partial charge >= 0.3 is 0 Å². The van der Waals surface area contributed by atoms with Crippen LogP contribution in [0.15, 0.2) is 121 Å². The van der Waals surface area contributed by atoms with Gasteiger partial charge in [0.25, 0.3) is 0 Å². The third-order valence-electron chi connectivity index (χ3n) is 8.54. The fourth-order valence-electron chi connectivity index (χ4n) is 6.20. The van der Waals surface area contributed by atoms with Crippen LogP contribution in [-0.2, 0) is 0 Å². The molecule has 0 aliphatic rings. The van der Waals surface area contributed by atoms with E-state index in [1.54, 1.807) is 97.1 Å². The number of fused-ring (bicyclic) bond motifs is 4. The standard InChI is InChI=1S/2C20H14O4/c21-17-7-3-4-11-8-18(22)15(9-14(11)17)16-10-19(23)12-5-1-2-6-13(12)20(16)24;21-16-7-3-6-13-12(16)8-9-17(22)19(13)15-10-18(23)11-4-1-2-5-14(11)20(15)24/h2*1-10,21-24H. The zero-order valence-corrected chi connectivity index (χ0v) is 25.1. The molecular weight excluding hydrogens is 608 g/mol. The molecule has 48 heavy (non-hydrogen) atoms. The minimum atomic E-state index is -0.0434. The molecule has 8 rings (SSSR count). The summed E-state index contributed by atoms with van der Waals surface area (Å²) in [6.45, 7) is 0. The van der Waals surface area contributed by atoms with Crippen molar-refractivity contribution in [2.75, 3.05) is 0 Å². The predicted molar refractivity (Wildman–Crippen MR) is 187 cm³/mol. The fourth-order valence-corrected chi connectivity index (χ4v) is 6.20. The molecule has 0 aromatic heterocycles. The van der Waals surface area contributed by atoms with E-state index >= 15 is 0 Å². The average Bonchev–Trinajstić information content (AvgIpc) is 3.09. The molecule has 0 unspecified atom stereocenters. The third-order valence-corrected chi connectivity index (χ3v) is 8.54. The summed E-state index contributed by atoms with van der Waals surface area (Å²) in [4.78, 5) is 0. The number of phenols is 8. The normalized spacial score (nSPS) is 11.2. The SMILES string of the molecule is Oc1cc2cccc(O)c2cc1-c1cc(O)c2ccccc2c1O.Oc1ccc2c(O)cccc2c1-c1cc(O)c2ccccc2c1O. The van der Waals surface area contributed by atoms with Crippen LogP contribution < -0.4 is 0 Å². The Kier molecular flexibility index (Phi) is 7.18. The van der Waals surface area contributed by atoms with Crippen LogP contribution in [0.4, 0.5) is 0 Å². The van der Waals surface area contributed by atoms with Crippen LogP contribution >= 0.6 is 0 Å². The van der Waals surface area contributed by atoms with E-state index in [0.29, 0.717) is 65.3 Å². The summed E-state index contributed by atoms with van der Waals surface area (Å²) in [5.74, 6) is 0.0285. The molecule has 8 nitrogen and oxygen atoms in total. The number of benzene rings is 8. The molecule has 0 radical (unpaired) electrons. The summed E-state index contributed by atoms with van der Waals surface area (Å²) in [5, 5.41) is 87.1. The van der Waals surface area contributed by atoms with Crippen molar-refractivity contribution in [2.24, 2.45) is 0 Å². The lowest BCUT2D eigenvalue weighted by Gasteiger charge is -2.14. The highest BCUT2D eigenvalue weighted by Gasteiger charge is 2.19. The van der Waals surface area contributed by atoms with Crippen LogP contribution in [0.5, 0.6) is 46.0 Å². The topological polar surface area (TPSA) is 162 Å². The minimum Gasteiger partial charge on any atom is -0.507 e. The Balaban J connectivity index is 0.000000152. The lowest BCUT2D eigenvalue weighted by molar-refractivity contribution is 0.466. The Labute approximate surface area is 273 Å². The van der Waals surface area contributed by atoms with Gasteiger partial charge in [0.1, 0.15) is 46.0 Å². The molecule has 0 saturated heterocycles. The molecule has 0 atom stereocenters. The van der Waals surface area contributed by atoms with Crippen molar-refractivity contribution >= 4 is 43.1 Å². The van der Waals surface area contributed by atoms with Crippen LogP contribution in [0.3, 0.4) is 0 Å². The Hall–Kier alpha value is -6.80. The smallest absolute Gasteiger partial charge is 0.131 e. The first-order valence-electron chi connectivity index (χ1n) is 14.9. The molecule has 0 fully saturated rings. The van der Waals surface area contributed by atoms with Gasteiger partial charge in [-0.1, -0.05) is 72.8 Å². The highest BCUT2D eigenvalue weighted by molar-refractivity contribution is 6.08. The van der Waals surface area contributed by atoms with Gasteiger partial charge in [-0.3, -0.25) is 0 Å². The van der Waals surface area contributed by atoms with Crippen molar-refractivity contribution in [3.05, 3.63) is 121 Å². The minimum absolute atomic E-state index is 0.00922. The number of hydrogen-bond acceptors (Lipinski definition) is 8. The van der Waals surface area contributed by atoms with E-state index in [-0.39, 0.29) is 46.0 Å². The Morgan fingerprint density at radius 1 is 0.271 bits per heavy atom. The maximum Gasteiger partial charge on any atom is 0.131 e. The highest BCUT2D eigenvalue weighted by atomic mass is 16.3. The molecule has 236 valence electrons. The maximum atomic E-state index is 10.7. The summed E-state index contributed by atoms with van der Waals surface area (Å²) in [7, 11) is 0. The van der Waals surface area contributed by atoms with Gasteiger partial charge in [-0.25, -0.2) is 0 Å². The van der Waals surface area contributed by atoms with Crippen molar-refractivity contribution in [3.8, 4) is 68.2 Å². The van der Waals surface area contributed by atoms with Crippen LogP contribution in [-0.4, -0.2) is 40.9 Å². The zero-order valence-electron chi connectivity index (χ0n) is 25.1. The molecule has 0 saturated carbocycles. The van der Waals surface area contributed by atoms with Crippen LogP contribution in [0.2, 0.25) is 0 Å². The molecular formula is C40H28O8. The van der Waals surface area contributed by atoms with Gasteiger partial charge in [0.15, 0.2) is 0 Å². The van der Waals surface area contributed by atoms with E-state index in [1.165, 1.54) is 24.3 Å². The van der Waals surface area contributed by atoms with Crippen molar-refractivity contribution < 1.29 is 40.9 Å². The van der Waals surface area contributed by atoms with Crippen molar-refractivity contribution in [3.63, 3.8) is 0 Å². The van der Waals surface area contributed by atoms with E-state index in [2.05, 4.69) is 0 Å². The summed E-state index contributed by atoms with van der Waals surface area (Å²) in [5.41, 5.74) is 1.30. The number of aromatic hydroxyl groups is 8. The highest BCUT2D eigenvalue weighted by Crippen LogP contribution is 2.48. The third kappa shape index (κ3) is 4.89. The van der Waals surface area contributed by atoms with E-state index in [4.69, 9.17) is 0 Å². The number of rotatable bonds is 2. The molecule has 0 aliphatic carbocycles. The molecule has 0 amide bonds. The second-order valence-corrected chi connectivity index (χ2v) is 11.4. The summed E-state index contributed by atoms with van der Waals surface area (Å²) in [6, 6.07) is 32.9. The summed E-state index contributed by atoms with van der Waals surface area (Å²) >= 11 is 0. The average molecular weight is 637 g/mol. The first kappa shape index (κ1) is 29.9. The lowest BCUT2D eigenvalue weighted by atomic mass is 9.93. The van der Waals surface area contributed by atoms with Gasteiger partial charge in [0.05, 0.1) is 0 Å². The first-order valence-corrected chi connectivity index (χ1v) is 14.9. The first-order chi connectivity index (χ1) is 23.1. The van der Waals surface area contributed by atoms with E-state index < -0.39 is 0 Å². The van der Waals surface area contributed by atoms with E-state index in [1.807, 2.05) is 0 Å². The van der Waals surface area contributed by atoms with Gasteiger partial charge in [0.2, 0.25) is 0 Å². The molecule has 0 spiro atoms. The molecule has 0 aliphatic heterocycles. The van der Waals surface area contributed by atoms with Crippen LogP contribution in [0.1, 0.15) is 0 Å². The molecule has 0 bridgehead atoms. The number of phenolic OH excluding ortho intramolecular Hbond substituents is 8. The lowest BCUT2D eigenvalue weighted by Crippen LogP contribution is -1.86. The van der Waals surface area contributed by atoms with Crippen molar-refractivity contribution in [2.45, 2.75) is 0 Å². The predicted octanol–water partition coefficient (Wildman–Crippen LogP) is 8.96. The molecule has 8 heteroatoms. The monoisotopic (exact) mass is 636 g/mol. The van der Waals surface area contributed by atoms with Gasteiger partial charge in [-0.15, -0.1) is 0 Å². The zero-order chi connectivity index (χ0) is 33.7. The second kappa shape index (κ2) is 11.5. The van der Waals surface area contributed by atoms with Crippen LogP contribution in [0, 0.1) is 0 Å². The number of hydrogen-bond donors (Lipinski definition) is 8. The molecule has 8 aromatic rings. The molecule has 8 N–H and O–H groups in total. The summed E-state index contributed by atoms with van der Waals surface area (Å²) in [6.07, 6.45) is 0.